The van der Waals surface area contributed by atoms with Gasteiger partial charge in [-0.05, 0) is 143 Å². The molecule has 11 aromatic rings. The molecule has 4 bridgehead atoms. The van der Waals surface area contributed by atoms with Crippen molar-refractivity contribution in [2.75, 3.05) is 0 Å². The number of fused-ring (bicyclic) bond motifs is 12. The highest BCUT2D eigenvalue weighted by molar-refractivity contribution is 6.13. The number of hydrogen-bond donors (Lipinski definition) is 0. The lowest BCUT2D eigenvalue weighted by Crippen LogP contribution is -2.55. The fourth-order valence-electron chi connectivity index (χ4n) is 13.9. The number of rotatable bonds is 3. The molecule has 4 heteroatoms. The van der Waals surface area contributed by atoms with Gasteiger partial charge in [-0.2, -0.15) is 0 Å². The zero-order valence-electron chi connectivity index (χ0n) is 34.3. The van der Waals surface area contributed by atoms with Gasteiger partial charge in [0.15, 0.2) is 0 Å². The van der Waals surface area contributed by atoms with Crippen molar-refractivity contribution in [1.82, 2.24) is 19.1 Å². The standard InChI is InChI=1S/C58H42N4/c1-2-10-43-36(9-1)17-18-39-33-59-57(60-56(39)43)62-53-16-8-5-13-47(53)49-31-38(20-24-55(49)62)37-19-23-54-48(30-37)46-12-4-7-15-52(46)61(54)42-21-22-45-44-11-3-6-14-50(44)58(51(45)32-42)40-26-34-25-35(28-40)29-41(58)27-34/h1-24,30-35,40-41H,25-29H2. The zero-order chi connectivity index (χ0) is 40.3. The lowest BCUT2D eigenvalue weighted by molar-refractivity contribution is -0.0399. The predicted molar refractivity (Wildman–Crippen MR) is 254 cm³/mol. The van der Waals surface area contributed by atoms with E-state index in [9.17, 15) is 0 Å². The molecule has 0 atom stereocenters. The van der Waals surface area contributed by atoms with Gasteiger partial charge in [0, 0.05) is 49.6 Å². The van der Waals surface area contributed by atoms with Crippen LogP contribution >= 0.6 is 0 Å². The Morgan fingerprint density at radius 2 is 1.02 bits per heavy atom. The third-order valence-electron chi connectivity index (χ3n) is 16.1. The van der Waals surface area contributed by atoms with E-state index in [0.717, 1.165) is 51.0 Å². The molecule has 4 saturated carbocycles. The van der Waals surface area contributed by atoms with Crippen LogP contribution in [-0.2, 0) is 5.41 Å². The van der Waals surface area contributed by atoms with Crippen molar-refractivity contribution in [1.29, 1.82) is 0 Å². The van der Waals surface area contributed by atoms with Crippen molar-refractivity contribution in [3.8, 4) is 33.9 Å². The summed E-state index contributed by atoms with van der Waals surface area (Å²) in [6, 6.07) is 61.4. The molecule has 16 rings (SSSR count). The number of aromatic nitrogens is 4. The van der Waals surface area contributed by atoms with Gasteiger partial charge < -0.3 is 4.57 Å². The average Bonchev–Trinajstić information content (AvgIpc) is 3.94. The van der Waals surface area contributed by atoms with Crippen LogP contribution < -0.4 is 0 Å². The summed E-state index contributed by atoms with van der Waals surface area (Å²) in [5.74, 6) is 4.01. The smallest absolute Gasteiger partial charge is 0.235 e. The SMILES string of the molecule is c1ccc2c(c1)-c1ccc(-n3c4ccccc4c4cc(-c5ccc6c(c5)c5ccccc5n6-c5ncc6ccc7ccccc7c6n5)ccc43)cc1C21C2CC3CC(C2)CC1C3. The van der Waals surface area contributed by atoms with E-state index in [-0.39, 0.29) is 5.41 Å². The maximum Gasteiger partial charge on any atom is 0.235 e. The molecule has 3 heterocycles. The fourth-order valence-corrected chi connectivity index (χ4v) is 13.9. The van der Waals surface area contributed by atoms with Gasteiger partial charge in [-0.1, -0.05) is 115 Å². The van der Waals surface area contributed by atoms with E-state index in [2.05, 4.69) is 173 Å². The maximum absolute atomic E-state index is 5.24. The molecule has 8 aromatic carbocycles. The summed E-state index contributed by atoms with van der Waals surface area (Å²) in [5, 5.41) is 8.32. The van der Waals surface area contributed by atoms with Crippen molar-refractivity contribution >= 4 is 65.3 Å². The van der Waals surface area contributed by atoms with E-state index < -0.39 is 0 Å². The monoisotopic (exact) mass is 794 g/mol. The van der Waals surface area contributed by atoms with Gasteiger partial charge in [0.2, 0.25) is 5.95 Å². The molecule has 0 N–H and O–H groups in total. The lowest BCUT2D eigenvalue weighted by atomic mass is 9.43. The van der Waals surface area contributed by atoms with Crippen LogP contribution in [0.25, 0.3) is 99.2 Å². The lowest BCUT2D eigenvalue weighted by Gasteiger charge is -2.61. The van der Waals surface area contributed by atoms with Gasteiger partial charge in [-0.25, -0.2) is 9.97 Å². The quantitative estimate of drug-likeness (QED) is 0.167. The topological polar surface area (TPSA) is 35.6 Å². The predicted octanol–water partition coefficient (Wildman–Crippen LogP) is 14.4. The Hall–Kier alpha value is -7.04. The first-order valence-electron chi connectivity index (χ1n) is 22.7. The number of nitrogens with zero attached hydrogens (tertiary/aromatic N) is 4. The molecular weight excluding hydrogens is 753 g/mol. The number of benzene rings is 8. The Balaban J connectivity index is 0.884. The minimum atomic E-state index is 0.137. The second kappa shape index (κ2) is 12.1. The van der Waals surface area contributed by atoms with Gasteiger partial charge in [0.25, 0.3) is 0 Å². The number of para-hydroxylation sites is 2. The van der Waals surface area contributed by atoms with Crippen molar-refractivity contribution in [3.05, 3.63) is 181 Å². The van der Waals surface area contributed by atoms with Crippen molar-refractivity contribution in [3.63, 3.8) is 0 Å². The second-order valence-corrected chi connectivity index (χ2v) is 19.0. The number of hydrogen-bond acceptors (Lipinski definition) is 2. The summed E-state index contributed by atoms with van der Waals surface area (Å²) in [5.41, 5.74) is 15.7. The first kappa shape index (κ1) is 33.7. The van der Waals surface area contributed by atoms with E-state index in [0.29, 0.717) is 5.95 Å². The summed E-state index contributed by atoms with van der Waals surface area (Å²) < 4.78 is 4.78. The van der Waals surface area contributed by atoms with Crippen molar-refractivity contribution in [2.45, 2.75) is 37.5 Å². The van der Waals surface area contributed by atoms with Crippen LogP contribution in [0.2, 0.25) is 0 Å². The minimum absolute atomic E-state index is 0.137. The first-order valence-corrected chi connectivity index (χ1v) is 22.7. The molecule has 62 heavy (non-hydrogen) atoms. The molecule has 294 valence electrons. The molecule has 0 unspecified atom stereocenters. The molecule has 5 aliphatic carbocycles. The molecule has 5 aliphatic rings. The summed E-state index contributed by atoms with van der Waals surface area (Å²) in [4.78, 5) is 10.2. The Bertz CT molecular complexity index is 3710. The molecule has 0 aliphatic heterocycles. The summed E-state index contributed by atoms with van der Waals surface area (Å²) in [7, 11) is 0. The van der Waals surface area contributed by atoms with Crippen LogP contribution in [0.1, 0.15) is 43.2 Å². The van der Waals surface area contributed by atoms with Crippen molar-refractivity contribution < 1.29 is 0 Å². The molecule has 4 fully saturated rings. The Morgan fingerprint density at radius 3 is 1.76 bits per heavy atom. The van der Waals surface area contributed by atoms with Crippen LogP contribution in [0.15, 0.2) is 170 Å². The molecular formula is C58H42N4. The molecule has 1 spiro atoms. The van der Waals surface area contributed by atoms with E-state index in [1.54, 1.807) is 11.1 Å². The fraction of sp³-hybridized carbons (Fsp3) is 0.172. The van der Waals surface area contributed by atoms with Gasteiger partial charge >= 0.3 is 0 Å². The first-order chi connectivity index (χ1) is 30.7. The van der Waals surface area contributed by atoms with Crippen molar-refractivity contribution in [2.24, 2.45) is 23.7 Å². The van der Waals surface area contributed by atoms with E-state index in [1.165, 1.54) is 98.0 Å². The van der Waals surface area contributed by atoms with Gasteiger partial charge in [0.05, 0.1) is 27.6 Å². The van der Waals surface area contributed by atoms with E-state index >= 15 is 0 Å². The molecule has 3 aromatic heterocycles. The van der Waals surface area contributed by atoms with Gasteiger partial charge in [-0.3, -0.25) is 4.57 Å². The zero-order valence-corrected chi connectivity index (χ0v) is 34.3. The normalized spacial score (nSPS) is 22.3. The highest BCUT2D eigenvalue weighted by Gasteiger charge is 2.61. The van der Waals surface area contributed by atoms with Crippen LogP contribution in [0.4, 0.5) is 0 Å². The Morgan fingerprint density at radius 1 is 0.435 bits per heavy atom. The van der Waals surface area contributed by atoms with E-state index in [4.69, 9.17) is 9.97 Å². The van der Waals surface area contributed by atoms with Crippen LogP contribution in [-0.4, -0.2) is 19.1 Å². The molecule has 4 nitrogen and oxygen atoms in total. The maximum atomic E-state index is 5.24. The molecule has 0 amide bonds. The van der Waals surface area contributed by atoms with Gasteiger partial charge in [-0.15, -0.1) is 0 Å². The Labute approximate surface area is 359 Å². The minimum Gasteiger partial charge on any atom is -0.309 e. The van der Waals surface area contributed by atoms with Crippen LogP contribution in [0.3, 0.4) is 0 Å². The highest BCUT2D eigenvalue weighted by atomic mass is 15.2. The average molecular weight is 795 g/mol. The van der Waals surface area contributed by atoms with Gasteiger partial charge in [0.1, 0.15) is 0 Å². The van der Waals surface area contributed by atoms with Crippen LogP contribution in [0, 0.1) is 23.7 Å². The second-order valence-electron chi connectivity index (χ2n) is 19.0. The summed E-state index contributed by atoms with van der Waals surface area (Å²) in [6.07, 6.45) is 9.01. The molecule has 0 radical (unpaired) electrons. The third-order valence-corrected chi connectivity index (χ3v) is 16.1. The third kappa shape index (κ3) is 4.32. The largest absolute Gasteiger partial charge is 0.309 e. The highest BCUT2D eigenvalue weighted by Crippen LogP contribution is 2.69. The van der Waals surface area contributed by atoms with E-state index in [1.807, 2.05) is 6.20 Å². The van der Waals surface area contributed by atoms with Crippen LogP contribution in [0.5, 0.6) is 0 Å². The molecule has 0 saturated heterocycles. The summed E-state index contributed by atoms with van der Waals surface area (Å²) >= 11 is 0. The Kier molecular flexibility index (Phi) is 6.55. The summed E-state index contributed by atoms with van der Waals surface area (Å²) in [6.45, 7) is 0.